The molecule has 0 bridgehead atoms. The second-order valence-electron chi connectivity index (χ2n) is 2.45. The Balaban J connectivity index is 2.58. The van der Waals surface area contributed by atoms with Gasteiger partial charge in [0.25, 0.3) is 0 Å². The average molecular weight is 204 g/mol. The number of aromatic nitrogens is 2. The van der Waals surface area contributed by atoms with Crippen molar-refractivity contribution in [3.63, 3.8) is 0 Å². The number of hydrogen-bond donors (Lipinski definition) is 3. The molecule has 5 nitrogen and oxygen atoms in total. The Bertz CT molecular complexity index is 250. The summed E-state index contributed by atoms with van der Waals surface area (Å²) in [6.07, 6.45) is 0. The summed E-state index contributed by atoms with van der Waals surface area (Å²) in [6, 6.07) is 2.77. The van der Waals surface area contributed by atoms with Gasteiger partial charge in [0, 0.05) is 0 Å². The molecule has 0 spiro atoms. The van der Waals surface area contributed by atoms with Crippen LogP contribution in [0.1, 0.15) is 0 Å². The van der Waals surface area contributed by atoms with E-state index >= 15 is 0 Å². The monoisotopic (exact) mass is 203 g/mol. The van der Waals surface area contributed by atoms with Gasteiger partial charge in [0.1, 0.15) is 5.82 Å². The van der Waals surface area contributed by atoms with Gasteiger partial charge < -0.3 is 15.5 Å². The molecule has 0 saturated heterocycles. The smallest absolute Gasteiger partial charge is 0.151 e. The van der Waals surface area contributed by atoms with E-state index in [1.165, 1.54) is 0 Å². The van der Waals surface area contributed by atoms with Gasteiger partial charge >= 0.3 is 0 Å². The Kier molecular flexibility index (Phi) is 3.88. The van der Waals surface area contributed by atoms with Crippen molar-refractivity contribution in [2.45, 2.75) is 6.04 Å². The van der Waals surface area contributed by atoms with Crippen molar-refractivity contribution in [2.75, 3.05) is 18.5 Å². The maximum Gasteiger partial charge on any atom is 0.151 e. The van der Waals surface area contributed by atoms with Gasteiger partial charge in [-0.1, -0.05) is 11.6 Å². The molecule has 0 atom stereocenters. The molecule has 6 heteroatoms. The van der Waals surface area contributed by atoms with Crippen LogP contribution in [0.15, 0.2) is 12.1 Å². The van der Waals surface area contributed by atoms with E-state index in [0.717, 1.165) is 0 Å². The molecule has 0 radical (unpaired) electrons. The molecule has 1 aromatic heterocycles. The third-order valence-corrected chi connectivity index (χ3v) is 1.63. The standard InChI is InChI=1S/C7H10ClN3O2/c8-6-1-2-7(11-10-6)9-5(3-12)4-13/h1-2,5,12-13H,3-4H2,(H,9,11). The molecule has 1 aromatic rings. The van der Waals surface area contributed by atoms with Crippen LogP contribution in [0, 0.1) is 0 Å². The van der Waals surface area contributed by atoms with Crippen LogP contribution >= 0.6 is 11.6 Å². The van der Waals surface area contributed by atoms with E-state index in [1.54, 1.807) is 12.1 Å². The molecular weight excluding hydrogens is 194 g/mol. The fourth-order valence-electron chi connectivity index (χ4n) is 0.751. The summed E-state index contributed by atoms with van der Waals surface area (Å²) >= 11 is 5.52. The normalized spacial score (nSPS) is 10.5. The Hall–Kier alpha value is -0.910. The van der Waals surface area contributed by atoms with Crippen LogP contribution in [0.2, 0.25) is 5.15 Å². The Labute approximate surface area is 80.4 Å². The molecule has 0 aliphatic heterocycles. The first-order valence-corrected chi connectivity index (χ1v) is 4.11. The lowest BCUT2D eigenvalue weighted by Gasteiger charge is -2.12. The number of halogens is 1. The van der Waals surface area contributed by atoms with Gasteiger partial charge in [-0.3, -0.25) is 0 Å². The highest BCUT2D eigenvalue weighted by atomic mass is 35.5. The summed E-state index contributed by atoms with van der Waals surface area (Å²) < 4.78 is 0. The molecule has 1 rings (SSSR count). The third-order valence-electron chi connectivity index (χ3n) is 1.42. The van der Waals surface area contributed by atoms with Crippen molar-refractivity contribution >= 4 is 17.4 Å². The topological polar surface area (TPSA) is 78.3 Å². The molecule has 0 amide bonds. The van der Waals surface area contributed by atoms with E-state index in [0.29, 0.717) is 11.0 Å². The molecule has 3 N–H and O–H groups in total. The number of aliphatic hydroxyl groups excluding tert-OH is 2. The molecule has 1 heterocycles. The second-order valence-corrected chi connectivity index (χ2v) is 2.83. The van der Waals surface area contributed by atoms with Gasteiger partial charge in [-0.05, 0) is 12.1 Å². The van der Waals surface area contributed by atoms with Crippen LogP contribution in [0.4, 0.5) is 5.82 Å². The minimum absolute atomic E-state index is 0.166. The van der Waals surface area contributed by atoms with Crippen molar-refractivity contribution in [1.82, 2.24) is 10.2 Å². The first-order valence-electron chi connectivity index (χ1n) is 3.73. The Morgan fingerprint density at radius 2 is 2.00 bits per heavy atom. The summed E-state index contributed by atoms with van der Waals surface area (Å²) in [7, 11) is 0. The molecular formula is C7H10ClN3O2. The highest BCUT2D eigenvalue weighted by Crippen LogP contribution is 2.06. The lowest BCUT2D eigenvalue weighted by Crippen LogP contribution is -2.28. The predicted octanol–water partition coefficient (Wildman–Crippen LogP) is -0.105. The van der Waals surface area contributed by atoms with Crippen molar-refractivity contribution in [3.05, 3.63) is 17.3 Å². The Morgan fingerprint density at radius 3 is 2.46 bits per heavy atom. The van der Waals surface area contributed by atoms with E-state index < -0.39 is 6.04 Å². The fraction of sp³-hybridized carbons (Fsp3) is 0.429. The highest BCUT2D eigenvalue weighted by Gasteiger charge is 2.05. The quantitative estimate of drug-likeness (QED) is 0.637. The van der Waals surface area contributed by atoms with Crippen LogP contribution in [-0.2, 0) is 0 Å². The van der Waals surface area contributed by atoms with E-state index in [4.69, 9.17) is 21.8 Å². The summed E-state index contributed by atoms with van der Waals surface area (Å²) in [5.74, 6) is 0.470. The Morgan fingerprint density at radius 1 is 1.31 bits per heavy atom. The minimum Gasteiger partial charge on any atom is -0.394 e. The first-order chi connectivity index (χ1) is 6.26. The zero-order valence-electron chi connectivity index (χ0n) is 6.81. The van der Waals surface area contributed by atoms with Gasteiger partial charge in [-0.15, -0.1) is 10.2 Å². The number of hydrogen-bond acceptors (Lipinski definition) is 5. The van der Waals surface area contributed by atoms with Gasteiger partial charge in [-0.2, -0.15) is 0 Å². The van der Waals surface area contributed by atoms with E-state index in [2.05, 4.69) is 15.5 Å². The maximum absolute atomic E-state index is 8.75. The molecule has 0 aliphatic carbocycles. The molecule has 72 valence electrons. The summed E-state index contributed by atoms with van der Waals surface area (Å²) in [5, 5.41) is 27.9. The van der Waals surface area contributed by atoms with Crippen LogP contribution < -0.4 is 5.32 Å². The molecule has 0 unspecified atom stereocenters. The van der Waals surface area contributed by atoms with Gasteiger partial charge in [0.2, 0.25) is 0 Å². The number of nitrogens with zero attached hydrogens (tertiary/aromatic N) is 2. The highest BCUT2D eigenvalue weighted by molar-refractivity contribution is 6.29. The van der Waals surface area contributed by atoms with Crippen LogP contribution in [-0.4, -0.2) is 39.7 Å². The zero-order chi connectivity index (χ0) is 9.68. The number of nitrogens with one attached hydrogen (secondary N) is 1. The lowest BCUT2D eigenvalue weighted by atomic mass is 10.3. The third kappa shape index (κ3) is 3.14. The molecule has 0 aliphatic rings. The van der Waals surface area contributed by atoms with Crippen molar-refractivity contribution < 1.29 is 10.2 Å². The SMILES string of the molecule is OCC(CO)Nc1ccc(Cl)nn1. The zero-order valence-corrected chi connectivity index (χ0v) is 7.57. The van der Waals surface area contributed by atoms with Crippen molar-refractivity contribution in [1.29, 1.82) is 0 Å². The molecule has 0 saturated carbocycles. The maximum atomic E-state index is 8.75. The van der Waals surface area contributed by atoms with E-state index in [9.17, 15) is 0 Å². The van der Waals surface area contributed by atoms with E-state index in [-0.39, 0.29) is 13.2 Å². The van der Waals surface area contributed by atoms with Crippen LogP contribution in [0.5, 0.6) is 0 Å². The molecule has 0 aromatic carbocycles. The summed E-state index contributed by atoms with van der Waals surface area (Å²) in [6.45, 7) is -0.332. The largest absolute Gasteiger partial charge is 0.394 e. The van der Waals surface area contributed by atoms with Crippen LogP contribution in [0.3, 0.4) is 0 Å². The summed E-state index contributed by atoms with van der Waals surface area (Å²) in [5.41, 5.74) is 0. The molecule has 0 fully saturated rings. The summed E-state index contributed by atoms with van der Waals surface area (Å²) in [4.78, 5) is 0. The van der Waals surface area contributed by atoms with Crippen molar-refractivity contribution in [2.24, 2.45) is 0 Å². The van der Waals surface area contributed by atoms with Gasteiger partial charge in [-0.25, -0.2) is 0 Å². The average Bonchev–Trinajstić information content (AvgIpc) is 2.17. The van der Waals surface area contributed by atoms with Gasteiger partial charge in [0.05, 0.1) is 19.3 Å². The van der Waals surface area contributed by atoms with Gasteiger partial charge in [0.15, 0.2) is 5.15 Å². The lowest BCUT2D eigenvalue weighted by molar-refractivity contribution is 0.203. The second kappa shape index (κ2) is 4.96. The predicted molar refractivity (Wildman–Crippen MR) is 48.6 cm³/mol. The number of aliphatic hydroxyl groups is 2. The van der Waals surface area contributed by atoms with Crippen LogP contribution in [0.25, 0.3) is 0 Å². The number of anilines is 1. The minimum atomic E-state index is -0.421. The fourth-order valence-corrected chi connectivity index (χ4v) is 0.852. The number of rotatable bonds is 4. The first kappa shape index (κ1) is 10.2. The molecule has 13 heavy (non-hydrogen) atoms. The van der Waals surface area contributed by atoms with E-state index in [1.807, 2.05) is 0 Å². The van der Waals surface area contributed by atoms with Crippen molar-refractivity contribution in [3.8, 4) is 0 Å².